The Morgan fingerprint density at radius 3 is 2.11 bits per heavy atom. The van der Waals surface area contributed by atoms with Crippen molar-refractivity contribution < 1.29 is 0 Å². The predicted molar refractivity (Wildman–Crippen MR) is 96.9 cm³/mol. The van der Waals surface area contributed by atoms with Crippen LogP contribution in [0.15, 0.2) is 40.2 Å². The molecule has 0 heterocycles. The zero-order valence-electron chi connectivity index (χ0n) is 12.3. The molecule has 0 aliphatic heterocycles. The average Bonchev–Trinajstić information content (AvgIpc) is 2.29. The van der Waals surface area contributed by atoms with Crippen molar-refractivity contribution in [2.45, 2.75) is 17.1 Å². The van der Waals surface area contributed by atoms with Gasteiger partial charge in [-0.1, -0.05) is 25.1 Å². The molecule has 0 aliphatic rings. The number of hydrogen-bond donors (Lipinski definition) is 0. The van der Waals surface area contributed by atoms with Gasteiger partial charge in [0, 0.05) is 38.3 Å². The van der Waals surface area contributed by atoms with Crippen molar-refractivity contribution in [2.24, 2.45) is 4.99 Å². The van der Waals surface area contributed by atoms with Crippen molar-refractivity contribution in [3.8, 4) is 0 Å². The van der Waals surface area contributed by atoms with Crippen LogP contribution in [0.25, 0.3) is 0 Å². The third-order valence-electron chi connectivity index (χ3n) is 2.37. The Balaban J connectivity index is 0.00000324. The summed E-state index contributed by atoms with van der Waals surface area (Å²) in [5, 5.41) is 0.474. The van der Waals surface area contributed by atoms with E-state index >= 15 is 0 Å². The molecule has 0 fully saturated rings. The molecule has 1 rings (SSSR count). The van der Waals surface area contributed by atoms with Crippen molar-refractivity contribution in [3.63, 3.8) is 0 Å². The van der Waals surface area contributed by atoms with E-state index in [9.17, 15) is 0 Å². The van der Waals surface area contributed by atoms with Crippen LogP contribution in [0, 0.1) is 0 Å². The topological polar surface area (TPSA) is 18.8 Å². The highest BCUT2D eigenvalue weighted by molar-refractivity contribution is 14.0. The summed E-state index contributed by atoms with van der Waals surface area (Å²) in [5.74, 6) is 1.01. The zero-order valence-corrected chi connectivity index (χ0v) is 15.5. The van der Waals surface area contributed by atoms with Crippen LogP contribution in [-0.2, 0) is 0 Å². The van der Waals surface area contributed by atoms with E-state index in [2.05, 4.69) is 36.2 Å². The van der Waals surface area contributed by atoms with Crippen LogP contribution in [0.5, 0.6) is 0 Å². The fourth-order valence-electron chi connectivity index (χ4n) is 1.66. The summed E-state index contributed by atoms with van der Waals surface area (Å²) < 4.78 is 0. The summed E-state index contributed by atoms with van der Waals surface area (Å²) in [6.07, 6.45) is 0. The summed E-state index contributed by atoms with van der Waals surface area (Å²) in [6.45, 7) is 3.04. The Kier molecular flexibility index (Phi) is 9.26. The SMILES string of the molecule is CC(CN=C(N(C)C)N(C)C)Sc1ccccc1.I. The maximum atomic E-state index is 4.67. The first kappa shape index (κ1) is 18.6. The Bertz CT molecular complexity index is 370. The molecule has 0 radical (unpaired) electrons. The molecule has 3 nitrogen and oxygen atoms in total. The third-order valence-corrected chi connectivity index (χ3v) is 3.47. The van der Waals surface area contributed by atoms with E-state index in [0.29, 0.717) is 5.25 Å². The van der Waals surface area contributed by atoms with Gasteiger partial charge < -0.3 is 9.80 Å². The molecular weight excluding hydrogens is 369 g/mol. The largest absolute Gasteiger partial charge is 0.349 e. The van der Waals surface area contributed by atoms with Crippen molar-refractivity contribution >= 4 is 41.7 Å². The lowest BCUT2D eigenvalue weighted by molar-refractivity contribution is 0.479. The van der Waals surface area contributed by atoms with E-state index in [-0.39, 0.29) is 24.0 Å². The quantitative estimate of drug-likeness (QED) is 0.339. The van der Waals surface area contributed by atoms with Crippen LogP contribution in [0.1, 0.15) is 6.92 Å². The number of rotatable bonds is 4. The predicted octanol–water partition coefficient (Wildman–Crippen LogP) is 3.26. The summed E-state index contributed by atoms with van der Waals surface area (Å²) in [6, 6.07) is 10.5. The minimum atomic E-state index is 0. The monoisotopic (exact) mass is 393 g/mol. The first-order valence-corrected chi connectivity index (χ1v) is 6.99. The molecule has 0 spiro atoms. The molecule has 5 heteroatoms. The van der Waals surface area contributed by atoms with Crippen LogP contribution in [0.4, 0.5) is 0 Å². The van der Waals surface area contributed by atoms with Crippen LogP contribution < -0.4 is 0 Å². The Morgan fingerprint density at radius 2 is 1.63 bits per heavy atom. The van der Waals surface area contributed by atoms with Gasteiger partial charge in [0.2, 0.25) is 0 Å². The van der Waals surface area contributed by atoms with Gasteiger partial charge >= 0.3 is 0 Å². The average molecular weight is 393 g/mol. The van der Waals surface area contributed by atoms with E-state index < -0.39 is 0 Å². The Morgan fingerprint density at radius 1 is 1.11 bits per heavy atom. The van der Waals surface area contributed by atoms with E-state index in [1.54, 1.807) is 0 Å². The lowest BCUT2D eigenvalue weighted by atomic mass is 10.4. The van der Waals surface area contributed by atoms with E-state index in [1.165, 1.54) is 4.90 Å². The van der Waals surface area contributed by atoms with Crippen molar-refractivity contribution in [1.82, 2.24) is 9.80 Å². The lowest BCUT2D eigenvalue weighted by Crippen LogP contribution is -2.35. The number of aliphatic imine (C=N–C) groups is 1. The van der Waals surface area contributed by atoms with Gasteiger partial charge in [-0.15, -0.1) is 35.7 Å². The normalized spacial score (nSPS) is 11.2. The molecule has 0 N–H and O–H groups in total. The molecule has 0 bridgehead atoms. The molecule has 0 saturated heterocycles. The molecular formula is C14H24IN3S. The number of halogens is 1. The van der Waals surface area contributed by atoms with Gasteiger partial charge in [0.05, 0.1) is 6.54 Å². The first-order valence-electron chi connectivity index (χ1n) is 6.11. The first-order chi connectivity index (χ1) is 8.50. The minimum absolute atomic E-state index is 0. The highest BCUT2D eigenvalue weighted by Gasteiger charge is 2.07. The maximum Gasteiger partial charge on any atom is 0.195 e. The van der Waals surface area contributed by atoms with E-state index in [0.717, 1.165) is 12.5 Å². The standard InChI is InChI=1S/C14H23N3S.HI/c1-12(18-13-9-7-6-8-10-13)11-15-14(16(2)3)17(4)5;/h6-10,12H,11H2,1-5H3;1H. The minimum Gasteiger partial charge on any atom is -0.349 e. The second-order valence-corrected chi connectivity index (χ2v) is 6.18. The number of hydrogen-bond acceptors (Lipinski definition) is 2. The Labute approximate surface area is 138 Å². The molecule has 1 atom stereocenters. The molecule has 0 saturated carbocycles. The van der Waals surface area contributed by atoms with Crippen molar-refractivity contribution in [3.05, 3.63) is 30.3 Å². The third kappa shape index (κ3) is 7.06. The molecule has 1 aromatic carbocycles. The van der Waals surface area contributed by atoms with Gasteiger partial charge in [0.1, 0.15) is 0 Å². The van der Waals surface area contributed by atoms with Crippen LogP contribution in [0.2, 0.25) is 0 Å². The second-order valence-electron chi connectivity index (χ2n) is 4.67. The molecule has 108 valence electrons. The Hall–Kier alpha value is -0.430. The van der Waals surface area contributed by atoms with Gasteiger partial charge in [-0.25, -0.2) is 0 Å². The molecule has 1 aromatic rings. The van der Waals surface area contributed by atoms with Gasteiger partial charge in [-0.05, 0) is 12.1 Å². The summed E-state index contributed by atoms with van der Waals surface area (Å²) in [5.41, 5.74) is 0. The van der Waals surface area contributed by atoms with Crippen LogP contribution >= 0.6 is 35.7 Å². The summed E-state index contributed by atoms with van der Waals surface area (Å²) in [4.78, 5) is 10.1. The van der Waals surface area contributed by atoms with Gasteiger partial charge in [-0.3, -0.25) is 4.99 Å². The molecule has 0 aliphatic carbocycles. The van der Waals surface area contributed by atoms with Crippen molar-refractivity contribution in [1.29, 1.82) is 0 Å². The van der Waals surface area contributed by atoms with Gasteiger partial charge in [0.25, 0.3) is 0 Å². The second kappa shape index (κ2) is 9.47. The highest BCUT2D eigenvalue weighted by atomic mass is 127. The number of guanidine groups is 1. The number of nitrogens with zero attached hydrogens (tertiary/aromatic N) is 3. The fourth-order valence-corrected chi connectivity index (χ4v) is 2.59. The zero-order chi connectivity index (χ0) is 13.5. The fraction of sp³-hybridized carbons (Fsp3) is 0.500. The molecule has 0 amide bonds. The van der Waals surface area contributed by atoms with Crippen LogP contribution in [0.3, 0.4) is 0 Å². The van der Waals surface area contributed by atoms with E-state index in [1.807, 2.05) is 55.8 Å². The number of benzene rings is 1. The number of thioether (sulfide) groups is 1. The van der Waals surface area contributed by atoms with Crippen LogP contribution in [-0.4, -0.2) is 55.7 Å². The van der Waals surface area contributed by atoms with Gasteiger partial charge in [-0.2, -0.15) is 0 Å². The molecule has 1 unspecified atom stereocenters. The lowest BCUT2D eigenvalue weighted by Gasteiger charge is -2.23. The summed E-state index contributed by atoms with van der Waals surface area (Å²) in [7, 11) is 8.09. The molecule has 19 heavy (non-hydrogen) atoms. The van der Waals surface area contributed by atoms with Crippen molar-refractivity contribution in [2.75, 3.05) is 34.7 Å². The van der Waals surface area contributed by atoms with Gasteiger partial charge in [0.15, 0.2) is 5.96 Å². The smallest absolute Gasteiger partial charge is 0.195 e. The van der Waals surface area contributed by atoms with E-state index in [4.69, 9.17) is 0 Å². The highest BCUT2D eigenvalue weighted by Crippen LogP contribution is 2.22. The maximum absolute atomic E-state index is 4.67. The summed E-state index contributed by atoms with van der Waals surface area (Å²) >= 11 is 1.86. The molecule has 0 aromatic heterocycles.